The first-order valence-electron chi connectivity index (χ1n) is 11.5. The molecule has 0 aromatic heterocycles. The van der Waals surface area contributed by atoms with Gasteiger partial charge in [-0.25, -0.2) is 0 Å². The fourth-order valence-corrected chi connectivity index (χ4v) is 4.39. The second kappa shape index (κ2) is 10.4. The molecular formula is C27H33N5O. The van der Waals surface area contributed by atoms with Crippen LogP contribution in [0.15, 0.2) is 65.2 Å². The SMILES string of the molecule is CCc1ccc(C)c(C2C=C3C(=CC2CC)NC(=O)/C3=C(/C)NC(=N)/C=C\N[C@@H](C)C#N)c1. The molecule has 4 N–H and O–H groups in total. The van der Waals surface area contributed by atoms with E-state index in [0.29, 0.717) is 17.2 Å². The van der Waals surface area contributed by atoms with Gasteiger partial charge in [-0.3, -0.25) is 10.2 Å². The van der Waals surface area contributed by atoms with E-state index >= 15 is 0 Å². The minimum Gasteiger partial charge on any atom is -0.376 e. The summed E-state index contributed by atoms with van der Waals surface area (Å²) in [5.41, 5.74) is 6.82. The number of amides is 1. The Balaban J connectivity index is 1.94. The van der Waals surface area contributed by atoms with Gasteiger partial charge in [0.15, 0.2) is 0 Å². The van der Waals surface area contributed by atoms with E-state index in [0.717, 1.165) is 24.1 Å². The number of fused-ring (bicyclic) bond motifs is 1. The predicted molar refractivity (Wildman–Crippen MR) is 132 cm³/mol. The van der Waals surface area contributed by atoms with E-state index in [9.17, 15) is 4.79 Å². The molecule has 0 saturated carbocycles. The van der Waals surface area contributed by atoms with E-state index < -0.39 is 0 Å². The Morgan fingerprint density at radius 3 is 2.76 bits per heavy atom. The van der Waals surface area contributed by atoms with Gasteiger partial charge in [0.1, 0.15) is 11.9 Å². The average Bonchev–Trinajstić information content (AvgIpc) is 3.12. The molecule has 0 radical (unpaired) electrons. The molecule has 3 atom stereocenters. The van der Waals surface area contributed by atoms with Gasteiger partial charge in [0.25, 0.3) is 5.91 Å². The summed E-state index contributed by atoms with van der Waals surface area (Å²) in [6.07, 6.45) is 9.47. The number of nitriles is 1. The van der Waals surface area contributed by atoms with Gasteiger partial charge in [-0.2, -0.15) is 5.26 Å². The van der Waals surface area contributed by atoms with Crippen LogP contribution in [0.25, 0.3) is 0 Å². The Hall–Kier alpha value is -3.59. The number of carbonyl (C=O) groups is 1. The van der Waals surface area contributed by atoms with E-state index in [1.807, 2.05) is 6.92 Å². The van der Waals surface area contributed by atoms with Gasteiger partial charge in [-0.15, -0.1) is 0 Å². The van der Waals surface area contributed by atoms with Crippen LogP contribution in [0.5, 0.6) is 0 Å². The first-order chi connectivity index (χ1) is 15.8. The van der Waals surface area contributed by atoms with Gasteiger partial charge in [-0.05, 0) is 62.3 Å². The molecule has 1 fully saturated rings. The van der Waals surface area contributed by atoms with Crippen LogP contribution >= 0.6 is 0 Å². The lowest BCUT2D eigenvalue weighted by Gasteiger charge is -2.28. The van der Waals surface area contributed by atoms with Crippen LogP contribution in [0.3, 0.4) is 0 Å². The summed E-state index contributed by atoms with van der Waals surface area (Å²) in [7, 11) is 0. The van der Waals surface area contributed by atoms with E-state index in [1.165, 1.54) is 22.8 Å². The Morgan fingerprint density at radius 1 is 1.33 bits per heavy atom. The van der Waals surface area contributed by atoms with Gasteiger partial charge >= 0.3 is 0 Å². The number of amidine groups is 1. The first-order valence-corrected chi connectivity index (χ1v) is 11.5. The second-order valence-corrected chi connectivity index (χ2v) is 8.65. The van der Waals surface area contributed by atoms with Crippen LogP contribution < -0.4 is 16.0 Å². The second-order valence-electron chi connectivity index (χ2n) is 8.65. The van der Waals surface area contributed by atoms with Crippen LogP contribution in [0.2, 0.25) is 0 Å². The topological polar surface area (TPSA) is 101 Å². The van der Waals surface area contributed by atoms with Crippen LogP contribution in [0.1, 0.15) is 56.7 Å². The zero-order chi connectivity index (χ0) is 24.1. The monoisotopic (exact) mass is 443 g/mol. The number of allylic oxidation sites excluding steroid dienone is 4. The highest BCUT2D eigenvalue weighted by Gasteiger charge is 2.35. The van der Waals surface area contributed by atoms with E-state index in [-0.39, 0.29) is 23.7 Å². The van der Waals surface area contributed by atoms with Crippen molar-refractivity contribution in [1.29, 1.82) is 10.7 Å². The maximum atomic E-state index is 12.9. The molecule has 6 heteroatoms. The van der Waals surface area contributed by atoms with Crippen molar-refractivity contribution in [3.8, 4) is 6.07 Å². The number of hydrogen-bond donors (Lipinski definition) is 4. The summed E-state index contributed by atoms with van der Waals surface area (Å²) in [5.74, 6) is 0.470. The van der Waals surface area contributed by atoms with Crippen LogP contribution in [0.4, 0.5) is 0 Å². The molecule has 2 aliphatic rings. The molecular weight excluding hydrogens is 410 g/mol. The molecule has 6 nitrogen and oxygen atoms in total. The van der Waals surface area contributed by atoms with E-state index in [4.69, 9.17) is 10.7 Å². The number of nitrogens with zero attached hydrogens (tertiary/aromatic N) is 1. The van der Waals surface area contributed by atoms with Gasteiger partial charge < -0.3 is 16.0 Å². The number of benzene rings is 1. The Labute approximate surface area is 196 Å². The molecule has 172 valence electrons. The van der Waals surface area contributed by atoms with Crippen LogP contribution in [0, 0.1) is 29.6 Å². The summed E-state index contributed by atoms with van der Waals surface area (Å²) in [5, 5.41) is 25.9. The van der Waals surface area contributed by atoms with Crippen molar-refractivity contribution in [2.24, 2.45) is 5.92 Å². The Bertz CT molecular complexity index is 1120. The molecule has 1 aliphatic heterocycles. The molecule has 0 bridgehead atoms. The van der Waals surface area contributed by atoms with Crippen molar-refractivity contribution >= 4 is 11.7 Å². The van der Waals surface area contributed by atoms with Crippen molar-refractivity contribution in [3.05, 3.63) is 81.9 Å². The summed E-state index contributed by atoms with van der Waals surface area (Å²) >= 11 is 0. The highest BCUT2D eigenvalue weighted by atomic mass is 16.2. The molecule has 0 spiro atoms. The number of carbonyl (C=O) groups excluding carboxylic acids is 1. The molecule has 3 rings (SSSR count). The Morgan fingerprint density at radius 2 is 2.09 bits per heavy atom. The fraction of sp³-hybridized carbons (Fsp3) is 0.370. The maximum absolute atomic E-state index is 12.9. The lowest BCUT2D eigenvalue weighted by atomic mass is 9.76. The third-order valence-corrected chi connectivity index (χ3v) is 6.29. The molecule has 1 amide bonds. The molecule has 1 aromatic rings. The highest BCUT2D eigenvalue weighted by Crippen LogP contribution is 2.42. The van der Waals surface area contributed by atoms with Crippen LogP contribution in [-0.2, 0) is 11.2 Å². The molecule has 1 saturated heterocycles. The van der Waals surface area contributed by atoms with Gasteiger partial charge in [0, 0.05) is 29.1 Å². The minimum atomic E-state index is -0.340. The smallest absolute Gasteiger partial charge is 0.258 e. The summed E-state index contributed by atoms with van der Waals surface area (Å²) in [4.78, 5) is 12.9. The molecule has 33 heavy (non-hydrogen) atoms. The fourth-order valence-electron chi connectivity index (χ4n) is 4.39. The number of rotatable bonds is 7. The standard InChI is InChI=1S/C27H33N5O/c1-6-19-9-8-16(3)21(12-19)22-14-23-24(13-20(22)7-2)32-27(33)26(23)18(5)31-25(29)10-11-30-17(4)15-28/h8-14,17,20,22,30H,6-7H2,1-5H3,(H2,29,31)(H,32,33)/b11-10-,26-18-/t17-,20?,22?/m0/s1. The quantitative estimate of drug-likeness (QED) is 0.284. The molecule has 2 unspecified atom stereocenters. The van der Waals surface area contributed by atoms with E-state index in [2.05, 4.69) is 73.1 Å². The first kappa shape index (κ1) is 24.1. The van der Waals surface area contributed by atoms with Gasteiger partial charge in [-0.1, -0.05) is 44.2 Å². The largest absolute Gasteiger partial charge is 0.376 e. The zero-order valence-electron chi connectivity index (χ0n) is 20.0. The molecule has 1 aromatic carbocycles. The Kier molecular flexibility index (Phi) is 7.55. The predicted octanol–water partition coefficient (Wildman–Crippen LogP) is 4.48. The van der Waals surface area contributed by atoms with E-state index in [1.54, 1.807) is 13.1 Å². The lowest BCUT2D eigenvalue weighted by Crippen LogP contribution is -2.24. The molecule has 1 heterocycles. The average molecular weight is 444 g/mol. The maximum Gasteiger partial charge on any atom is 0.258 e. The van der Waals surface area contributed by atoms with Crippen molar-refractivity contribution in [2.75, 3.05) is 0 Å². The number of nitrogens with one attached hydrogen (secondary N) is 4. The van der Waals surface area contributed by atoms with Crippen molar-refractivity contribution in [2.45, 2.75) is 59.4 Å². The van der Waals surface area contributed by atoms with Crippen molar-refractivity contribution in [3.63, 3.8) is 0 Å². The highest BCUT2D eigenvalue weighted by molar-refractivity contribution is 6.06. The van der Waals surface area contributed by atoms with Gasteiger partial charge in [0.2, 0.25) is 0 Å². The minimum absolute atomic E-state index is 0.133. The van der Waals surface area contributed by atoms with Crippen molar-refractivity contribution < 1.29 is 4.79 Å². The number of aryl methyl sites for hydroxylation is 2. The zero-order valence-corrected chi connectivity index (χ0v) is 20.0. The number of hydrogen-bond acceptors (Lipinski definition) is 4. The normalized spacial score (nSPS) is 22.0. The summed E-state index contributed by atoms with van der Waals surface area (Å²) < 4.78 is 0. The summed E-state index contributed by atoms with van der Waals surface area (Å²) in [6, 6.07) is 8.40. The van der Waals surface area contributed by atoms with Crippen LogP contribution in [-0.4, -0.2) is 17.8 Å². The molecule has 1 aliphatic carbocycles. The third-order valence-electron chi connectivity index (χ3n) is 6.29. The lowest BCUT2D eigenvalue weighted by molar-refractivity contribution is -0.115. The summed E-state index contributed by atoms with van der Waals surface area (Å²) in [6.45, 7) is 10.0. The van der Waals surface area contributed by atoms with Gasteiger partial charge in [0.05, 0.1) is 11.6 Å². The third kappa shape index (κ3) is 5.25. The van der Waals surface area contributed by atoms with Crippen molar-refractivity contribution in [1.82, 2.24) is 16.0 Å².